The molecule has 2 rings (SSSR count). The minimum atomic E-state index is -0.560. The Morgan fingerprint density at radius 2 is 2.21 bits per heavy atom. The second-order valence-corrected chi connectivity index (χ2v) is 3.95. The van der Waals surface area contributed by atoms with Crippen molar-refractivity contribution in [3.8, 4) is 6.07 Å². The number of furan rings is 1. The highest BCUT2D eigenvalue weighted by Crippen LogP contribution is 2.31. The van der Waals surface area contributed by atoms with E-state index in [0.29, 0.717) is 11.4 Å². The van der Waals surface area contributed by atoms with Crippen LogP contribution in [0.2, 0.25) is 0 Å². The van der Waals surface area contributed by atoms with Gasteiger partial charge in [-0.25, -0.2) is 0 Å². The monoisotopic (exact) mass is 257 g/mol. The number of nitriles is 1. The van der Waals surface area contributed by atoms with Gasteiger partial charge in [-0.3, -0.25) is 10.1 Å². The van der Waals surface area contributed by atoms with E-state index < -0.39 is 4.92 Å². The zero-order valence-electron chi connectivity index (χ0n) is 10.2. The number of nitrogens with one attached hydrogen (secondary N) is 1. The van der Waals surface area contributed by atoms with Crippen LogP contribution in [0.15, 0.2) is 41.0 Å². The van der Waals surface area contributed by atoms with Gasteiger partial charge in [-0.15, -0.1) is 0 Å². The Kier molecular flexibility index (Phi) is 3.48. The van der Waals surface area contributed by atoms with Crippen molar-refractivity contribution < 1.29 is 9.34 Å². The van der Waals surface area contributed by atoms with Crippen molar-refractivity contribution in [1.29, 1.82) is 5.26 Å². The molecule has 0 fully saturated rings. The quantitative estimate of drug-likeness (QED) is 0.670. The Hall–Kier alpha value is -2.81. The van der Waals surface area contributed by atoms with Gasteiger partial charge in [0, 0.05) is 0 Å². The first kappa shape index (κ1) is 12.6. The van der Waals surface area contributed by atoms with Crippen LogP contribution in [0.3, 0.4) is 0 Å². The lowest BCUT2D eigenvalue weighted by Gasteiger charge is -2.13. The number of rotatable bonds is 4. The summed E-state index contributed by atoms with van der Waals surface area (Å²) in [7, 11) is 0. The summed E-state index contributed by atoms with van der Waals surface area (Å²) in [6.07, 6.45) is 1.54. The van der Waals surface area contributed by atoms with E-state index in [-0.39, 0.29) is 17.3 Å². The molecule has 2 aromatic rings. The number of hydrogen-bond acceptors (Lipinski definition) is 5. The molecule has 1 aromatic carbocycles. The molecule has 0 spiro atoms. The Morgan fingerprint density at radius 3 is 2.79 bits per heavy atom. The number of benzene rings is 1. The maximum absolute atomic E-state index is 11.1. The van der Waals surface area contributed by atoms with Crippen LogP contribution in [0.25, 0.3) is 0 Å². The lowest BCUT2D eigenvalue weighted by atomic mass is 10.1. The summed E-state index contributed by atoms with van der Waals surface area (Å²) in [6.45, 7) is 1.82. The number of anilines is 1. The molecule has 6 nitrogen and oxygen atoms in total. The largest absolute Gasteiger partial charge is 0.467 e. The minimum Gasteiger partial charge on any atom is -0.467 e. The summed E-state index contributed by atoms with van der Waals surface area (Å²) >= 11 is 0. The summed E-state index contributed by atoms with van der Waals surface area (Å²) in [5.74, 6) is 0.664. The van der Waals surface area contributed by atoms with E-state index in [2.05, 4.69) is 5.32 Å². The molecule has 1 atom stereocenters. The highest BCUT2D eigenvalue weighted by molar-refractivity contribution is 5.68. The van der Waals surface area contributed by atoms with Crippen LogP contribution in [0.5, 0.6) is 0 Å². The van der Waals surface area contributed by atoms with Gasteiger partial charge in [-0.2, -0.15) is 5.26 Å². The van der Waals surface area contributed by atoms with E-state index in [9.17, 15) is 10.1 Å². The van der Waals surface area contributed by atoms with Gasteiger partial charge >= 0.3 is 5.69 Å². The number of nitrogens with zero attached hydrogens (tertiary/aromatic N) is 2. The maximum atomic E-state index is 11.1. The Bertz CT molecular complexity index is 629. The van der Waals surface area contributed by atoms with Crippen LogP contribution in [-0.2, 0) is 0 Å². The van der Waals surface area contributed by atoms with E-state index >= 15 is 0 Å². The third-order valence-corrected chi connectivity index (χ3v) is 2.68. The second-order valence-electron chi connectivity index (χ2n) is 3.95. The molecule has 0 amide bonds. The standard InChI is InChI=1S/C13H11N3O3/c1-9(12-6-3-7-19-12)15-11-5-2-4-10(8-14)13(11)16(17)18/h2-7,9,15H,1H3. The first-order chi connectivity index (χ1) is 9.13. The molecule has 0 aliphatic rings. The van der Waals surface area contributed by atoms with Crippen molar-refractivity contribution >= 4 is 11.4 Å². The molecule has 0 saturated carbocycles. The van der Waals surface area contributed by atoms with E-state index in [1.807, 2.05) is 13.0 Å². The van der Waals surface area contributed by atoms with Crippen LogP contribution in [-0.4, -0.2) is 4.92 Å². The van der Waals surface area contributed by atoms with Gasteiger partial charge in [0.15, 0.2) is 0 Å². The Labute approximate surface area is 109 Å². The van der Waals surface area contributed by atoms with Crippen molar-refractivity contribution in [2.24, 2.45) is 0 Å². The number of nitro benzene ring substituents is 1. The van der Waals surface area contributed by atoms with Crippen molar-refractivity contribution in [2.75, 3.05) is 5.32 Å². The molecule has 6 heteroatoms. The van der Waals surface area contributed by atoms with Gasteiger partial charge in [0.05, 0.1) is 17.2 Å². The normalized spacial score (nSPS) is 11.6. The topological polar surface area (TPSA) is 92.1 Å². The van der Waals surface area contributed by atoms with Gasteiger partial charge in [-0.05, 0) is 31.2 Å². The molecule has 1 N–H and O–H groups in total. The smallest absolute Gasteiger partial charge is 0.309 e. The van der Waals surface area contributed by atoms with Gasteiger partial charge in [0.1, 0.15) is 23.1 Å². The first-order valence-corrected chi connectivity index (χ1v) is 5.61. The molecule has 1 heterocycles. The fourth-order valence-electron chi connectivity index (χ4n) is 1.79. The van der Waals surface area contributed by atoms with Crippen LogP contribution in [0.1, 0.15) is 24.3 Å². The van der Waals surface area contributed by atoms with Crippen LogP contribution >= 0.6 is 0 Å². The van der Waals surface area contributed by atoms with Crippen molar-refractivity contribution in [2.45, 2.75) is 13.0 Å². The molecule has 0 saturated heterocycles. The highest BCUT2D eigenvalue weighted by Gasteiger charge is 2.21. The van der Waals surface area contributed by atoms with Crippen LogP contribution in [0.4, 0.5) is 11.4 Å². The van der Waals surface area contributed by atoms with E-state index in [1.165, 1.54) is 12.3 Å². The second kappa shape index (κ2) is 5.23. The molecule has 0 aliphatic heterocycles. The number of nitro groups is 1. The van der Waals surface area contributed by atoms with Gasteiger partial charge < -0.3 is 9.73 Å². The van der Waals surface area contributed by atoms with Gasteiger partial charge in [-0.1, -0.05) is 6.07 Å². The zero-order chi connectivity index (χ0) is 13.8. The molecule has 0 radical (unpaired) electrons. The van der Waals surface area contributed by atoms with E-state index in [0.717, 1.165) is 0 Å². The molecule has 0 bridgehead atoms. The first-order valence-electron chi connectivity index (χ1n) is 5.61. The fraction of sp³-hybridized carbons (Fsp3) is 0.154. The highest BCUT2D eigenvalue weighted by atomic mass is 16.6. The summed E-state index contributed by atoms with van der Waals surface area (Å²) in [4.78, 5) is 10.5. The predicted molar refractivity (Wildman–Crippen MR) is 68.6 cm³/mol. The minimum absolute atomic E-state index is 0.0293. The molecule has 19 heavy (non-hydrogen) atoms. The molecule has 1 unspecified atom stereocenters. The van der Waals surface area contributed by atoms with Crippen molar-refractivity contribution in [1.82, 2.24) is 0 Å². The molecule has 0 aliphatic carbocycles. The SMILES string of the molecule is CC(Nc1cccc(C#N)c1[N+](=O)[O-])c1ccco1. The Morgan fingerprint density at radius 1 is 1.42 bits per heavy atom. The average molecular weight is 257 g/mol. The number of para-hydroxylation sites is 1. The van der Waals surface area contributed by atoms with Gasteiger partial charge in [0.2, 0.25) is 0 Å². The van der Waals surface area contributed by atoms with Crippen LogP contribution < -0.4 is 5.32 Å². The van der Waals surface area contributed by atoms with Crippen molar-refractivity contribution in [3.63, 3.8) is 0 Å². The van der Waals surface area contributed by atoms with Crippen molar-refractivity contribution in [3.05, 3.63) is 58.0 Å². The lowest BCUT2D eigenvalue weighted by Crippen LogP contribution is -2.08. The Balaban J connectivity index is 2.35. The van der Waals surface area contributed by atoms with E-state index in [4.69, 9.17) is 9.68 Å². The maximum Gasteiger partial charge on any atom is 0.309 e. The fourth-order valence-corrected chi connectivity index (χ4v) is 1.79. The molecular formula is C13H11N3O3. The third-order valence-electron chi connectivity index (χ3n) is 2.68. The predicted octanol–water partition coefficient (Wildman–Crippen LogP) is 3.23. The molecule has 96 valence electrons. The zero-order valence-corrected chi connectivity index (χ0v) is 10.2. The molecule has 1 aromatic heterocycles. The molecular weight excluding hydrogens is 246 g/mol. The van der Waals surface area contributed by atoms with Gasteiger partial charge in [0.25, 0.3) is 0 Å². The van der Waals surface area contributed by atoms with Crippen LogP contribution in [0, 0.1) is 21.4 Å². The summed E-state index contributed by atoms with van der Waals surface area (Å²) in [5, 5.41) is 23.0. The summed E-state index contributed by atoms with van der Waals surface area (Å²) in [5.41, 5.74) is 0.109. The van der Waals surface area contributed by atoms with E-state index in [1.54, 1.807) is 24.3 Å². The lowest BCUT2D eigenvalue weighted by molar-refractivity contribution is -0.384. The average Bonchev–Trinajstić information content (AvgIpc) is 2.92. The summed E-state index contributed by atoms with van der Waals surface area (Å²) in [6, 6.07) is 9.69. The number of hydrogen-bond donors (Lipinski definition) is 1. The summed E-state index contributed by atoms with van der Waals surface area (Å²) < 4.78 is 5.23. The third kappa shape index (κ3) is 2.55.